The fourth-order valence-electron chi connectivity index (χ4n) is 3.14. The monoisotopic (exact) mass is 429 g/mol. The molecule has 8 nitrogen and oxygen atoms in total. The maximum atomic E-state index is 12.2. The van der Waals surface area contributed by atoms with Crippen LogP contribution >= 0.6 is 0 Å². The number of likely N-dealkylation sites (N-methyl/N-ethyl adjacent to an activating group) is 2. The van der Waals surface area contributed by atoms with E-state index < -0.39 is 17.8 Å². The molecule has 1 fully saturated rings. The van der Waals surface area contributed by atoms with Crippen LogP contribution in [0.4, 0.5) is 10.5 Å². The number of benzene rings is 1. The molecule has 168 valence electrons. The largest absolute Gasteiger partial charge is 0.462 e. The molecule has 1 saturated heterocycles. The number of anilines is 1. The van der Waals surface area contributed by atoms with E-state index in [1.54, 1.807) is 24.3 Å². The molecule has 4 amide bonds. The van der Waals surface area contributed by atoms with E-state index in [0.29, 0.717) is 17.9 Å². The number of imide groups is 2. The molecule has 0 bridgehead atoms. The van der Waals surface area contributed by atoms with Gasteiger partial charge in [0, 0.05) is 26.0 Å². The van der Waals surface area contributed by atoms with Crippen LogP contribution in [0, 0.1) is 0 Å². The summed E-state index contributed by atoms with van der Waals surface area (Å²) in [5, 5.41) is 2.86. The highest BCUT2D eigenvalue weighted by molar-refractivity contribution is 6.28. The van der Waals surface area contributed by atoms with Crippen molar-refractivity contribution in [2.24, 2.45) is 0 Å². The first-order valence-corrected chi connectivity index (χ1v) is 10.7. The number of nitrogens with one attached hydrogen (secondary N) is 1. The standard InChI is InChI=1S/C23H31N3O5/c1-4-5-6-7-8-9-10-15-31-22(29)17-11-13-18(14-12-17)24-16-19-20(27)25(2)23(30)26(3)21(19)28/h11-14,16,24H,4-10,15H2,1-3H3. The Kier molecular flexibility index (Phi) is 9.24. The Morgan fingerprint density at radius 2 is 1.45 bits per heavy atom. The molecular formula is C23H31N3O5. The van der Waals surface area contributed by atoms with Gasteiger partial charge in [0.25, 0.3) is 11.8 Å². The summed E-state index contributed by atoms with van der Waals surface area (Å²) < 4.78 is 5.31. The zero-order valence-corrected chi connectivity index (χ0v) is 18.5. The average Bonchev–Trinajstić information content (AvgIpc) is 2.78. The minimum absolute atomic E-state index is 0.150. The van der Waals surface area contributed by atoms with Crippen molar-refractivity contribution in [2.75, 3.05) is 26.0 Å². The quantitative estimate of drug-likeness (QED) is 0.248. The van der Waals surface area contributed by atoms with Gasteiger partial charge >= 0.3 is 12.0 Å². The van der Waals surface area contributed by atoms with E-state index in [0.717, 1.165) is 29.1 Å². The van der Waals surface area contributed by atoms with E-state index in [1.165, 1.54) is 46.0 Å². The first-order chi connectivity index (χ1) is 14.9. The van der Waals surface area contributed by atoms with Gasteiger partial charge in [-0.15, -0.1) is 0 Å². The number of hydrogen-bond donors (Lipinski definition) is 1. The van der Waals surface area contributed by atoms with Crippen LogP contribution in [0.3, 0.4) is 0 Å². The molecule has 0 atom stereocenters. The lowest BCUT2D eigenvalue weighted by Gasteiger charge is -2.28. The SMILES string of the molecule is CCCCCCCCCOC(=O)c1ccc(NC=C2C(=O)N(C)C(=O)N(C)C2=O)cc1. The number of ether oxygens (including phenoxy) is 1. The second kappa shape index (κ2) is 11.9. The van der Waals surface area contributed by atoms with E-state index >= 15 is 0 Å². The molecule has 0 aliphatic carbocycles. The van der Waals surface area contributed by atoms with Crippen LogP contribution in [0.15, 0.2) is 36.0 Å². The smallest absolute Gasteiger partial charge is 0.338 e. The number of rotatable bonds is 11. The molecule has 1 aliphatic rings. The van der Waals surface area contributed by atoms with Gasteiger partial charge in [0.1, 0.15) is 5.57 Å². The van der Waals surface area contributed by atoms with E-state index in [1.807, 2.05) is 0 Å². The molecular weight excluding hydrogens is 398 g/mol. The number of barbiturate groups is 1. The Bertz CT molecular complexity index is 806. The normalized spacial score (nSPS) is 14.2. The van der Waals surface area contributed by atoms with Crippen molar-refractivity contribution in [3.05, 3.63) is 41.6 Å². The van der Waals surface area contributed by atoms with Crippen molar-refractivity contribution in [3.8, 4) is 0 Å². The second-order valence-corrected chi connectivity index (χ2v) is 7.55. The predicted molar refractivity (Wildman–Crippen MR) is 117 cm³/mol. The molecule has 0 aromatic heterocycles. The first kappa shape index (κ1) is 24.1. The maximum Gasteiger partial charge on any atom is 0.338 e. The van der Waals surface area contributed by atoms with Gasteiger partial charge in [-0.25, -0.2) is 9.59 Å². The van der Waals surface area contributed by atoms with Crippen LogP contribution in [0.5, 0.6) is 0 Å². The molecule has 1 aromatic carbocycles. The second-order valence-electron chi connectivity index (χ2n) is 7.55. The van der Waals surface area contributed by atoms with E-state index in [9.17, 15) is 19.2 Å². The molecule has 1 aromatic rings. The average molecular weight is 430 g/mol. The van der Waals surface area contributed by atoms with E-state index in [2.05, 4.69) is 12.2 Å². The number of carbonyl (C=O) groups excluding carboxylic acids is 4. The predicted octanol–water partition coefficient (Wildman–Crippen LogP) is 3.94. The molecule has 31 heavy (non-hydrogen) atoms. The molecule has 1 aliphatic heterocycles. The number of nitrogens with zero attached hydrogens (tertiary/aromatic N) is 2. The lowest BCUT2D eigenvalue weighted by Crippen LogP contribution is -2.53. The van der Waals surface area contributed by atoms with Crippen LogP contribution in [0.25, 0.3) is 0 Å². The summed E-state index contributed by atoms with van der Waals surface area (Å²) in [6.07, 6.45) is 9.34. The minimum atomic E-state index is -0.675. The highest BCUT2D eigenvalue weighted by Gasteiger charge is 2.37. The van der Waals surface area contributed by atoms with Crippen molar-refractivity contribution in [1.82, 2.24) is 9.80 Å². The van der Waals surface area contributed by atoms with Gasteiger partial charge in [0.05, 0.1) is 12.2 Å². The first-order valence-electron chi connectivity index (χ1n) is 10.7. The third-order valence-corrected chi connectivity index (χ3v) is 5.13. The van der Waals surface area contributed by atoms with Gasteiger partial charge in [0.2, 0.25) is 0 Å². The van der Waals surface area contributed by atoms with Gasteiger partial charge in [-0.2, -0.15) is 0 Å². The summed E-state index contributed by atoms with van der Waals surface area (Å²) in [5.41, 5.74) is 0.859. The lowest BCUT2D eigenvalue weighted by molar-refractivity contribution is -0.134. The van der Waals surface area contributed by atoms with Gasteiger partial charge in [-0.3, -0.25) is 19.4 Å². The van der Waals surface area contributed by atoms with Crippen molar-refractivity contribution in [2.45, 2.75) is 51.9 Å². The van der Waals surface area contributed by atoms with Crippen molar-refractivity contribution >= 4 is 29.5 Å². The van der Waals surface area contributed by atoms with Crippen LogP contribution < -0.4 is 5.32 Å². The van der Waals surface area contributed by atoms with Gasteiger partial charge in [-0.05, 0) is 30.7 Å². The Morgan fingerprint density at radius 1 is 0.903 bits per heavy atom. The van der Waals surface area contributed by atoms with Crippen LogP contribution in [0.2, 0.25) is 0 Å². The van der Waals surface area contributed by atoms with Crippen molar-refractivity contribution in [1.29, 1.82) is 0 Å². The molecule has 1 N–H and O–H groups in total. The third-order valence-electron chi connectivity index (χ3n) is 5.13. The molecule has 2 rings (SSSR count). The summed E-state index contributed by atoms with van der Waals surface area (Å²) in [7, 11) is 2.63. The number of hydrogen-bond acceptors (Lipinski definition) is 6. The minimum Gasteiger partial charge on any atom is -0.462 e. The summed E-state index contributed by atoms with van der Waals surface area (Å²) in [5.74, 6) is -1.73. The number of carbonyl (C=O) groups is 4. The Balaban J connectivity index is 1.82. The van der Waals surface area contributed by atoms with Crippen LogP contribution in [-0.2, 0) is 14.3 Å². The highest BCUT2D eigenvalue weighted by atomic mass is 16.5. The Morgan fingerprint density at radius 3 is 2.03 bits per heavy atom. The number of amides is 4. The molecule has 0 spiro atoms. The zero-order valence-electron chi connectivity index (χ0n) is 18.5. The van der Waals surface area contributed by atoms with Crippen LogP contribution in [0.1, 0.15) is 62.2 Å². The van der Waals surface area contributed by atoms with Crippen molar-refractivity contribution in [3.63, 3.8) is 0 Å². The molecule has 0 unspecified atom stereocenters. The van der Waals surface area contributed by atoms with E-state index in [4.69, 9.17) is 4.74 Å². The molecule has 8 heteroatoms. The van der Waals surface area contributed by atoms with Gasteiger partial charge < -0.3 is 10.1 Å². The molecule has 1 heterocycles. The van der Waals surface area contributed by atoms with E-state index in [-0.39, 0.29) is 11.5 Å². The molecule has 0 radical (unpaired) electrons. The summed E-state index contributed by atoms with van der Waals surface area (Å²) in [6.45, 7) is 2.60. The lowest BCUT2D eigenvalue weighted by atomic mass is 10.1. The third kappa shape index (κ3) is 6.67. The highest BCUT2D eigenvalue weighted by Crippen LogP contribution is 2.16. The van der Waals surface area contributed by atoms with Crippen molar-refractivity contribution < 1.29 is 23.9 Å². The maximum absolute atomic E-state index is 12.2. The fourth-order valence-corrected chi connectivity index (χ4v) is 3.14. The summed E-state index contributed by atoms with van der Waals surface area (Å²) in [4.78, 5) is 50.0. The number of unbranched alkanes of at least 4 members (excludes halogenated alkanes) is 6. The topological polar surface area (TPSA) is 96.0 Å². The Labute approximate surface area is 183 Å². The summed E-state index contributed by atoms with van der Waals surface area (Å²) >= 11 is 0. The number of esters is 1. The fraction of sp³-hybridized carbons (Fsp3) is 0.478. The summed E-state index contributed by atoms with van der Waals surface area (Å²) in [6, 6.07) is 5.85. The molecule has 0 saturated carbocycles. The van der Waals surface area contributed by atoms with Gasteiger partial charge in [-0.1, -0.05) is 45.4 Å². The zero-order chi connectivity index (χ0) is 22.8. The number of urea groups is 1. The Hall–Kier alpha value is -3.16. The van der Waals surface area contributed by atoms with Gasteiger partial charge in [0.15, 0.2) is 0 Å². The van der Waals surface area contributed by atoms with Crippen LogP contribution in [-0.4, -0.2) is 54.3 Å².